The molecule has 2 aromatic heterocycles. The molecule has 1 aromatic carbocycles. The minimum Gasteiger partial charge on any atom is -0.341 e. The number of aryl methyl sites for hydroxylation is 2. The van der Waals surface area contributed by atoms with Crippen molar-refractivity contribution in [3.05, 3.63) is 52.7 Å². The predicted octanol–water partition coefficient (Wildman–Crippen LogP) is 1.48. The number of benzene rings is 1. The van der Waals surface area contributed by atoms with Crippen molar-refractivity contribution in [1.29, 1.82) is 0 Å². The molecule has 0 atom stereocenters. The number of carbonyl (C=O) groups is 2. The quantitative estimate of drug-likeness (QED) is 0.621. The molecule has 1 saturated heterocycles. The number of aromatic nitrogens is 4. The first-order chi connectivity index (χ1) is 14.9. The second kappa shape index (κ2) is 8.71. The SMILES string of the molecule is Cc1ccc(N(CC(=O)N2CCCCC2)C(=O)Cn2cnc3c(cnn3C)c2=O)cc1. The minimum atomic E-state index is -0.346. The summed E-state index contributed by atoms with van der Waals surface area (Å²) in [5.41, 5.74) is 1.81. The molecular weight excluding hydrogens is 396 g/mol. The van der Waals surface area contributed by atoms with Gasteiger partial charge in [-0.2, -0.15) is 5.10 Å². The standard InChI is InChI=1S/C22H26N6O3/c1-16-6-8-17(9-7-16)28(14-19(29)26-10-4-3-5-11-26)20(30)13-27-15-23-21-18(22(27)31)12-24-25(21)2/h6-9,12,15H,3-5,10-11,13-14H2,1-2H3. The molecule has 0 aliphatic carbocycles. The molecule has 1 fully saturated rings. The van der Waals surface area contributed by atoms with Crippen LogP contribution in [0.1, 0.15) is 24.8 Å². The lowest BCUT2D eigenvalue weighted by molar-refractivity contribution is -0.132. The van der Waals surface area contributed by atoms with Gasteiger partial charge in [-0.1, -0.05) is 17.7 Å². The maximum Gasteiger partial charge on any atom is 0.264 e. The number of fused-ring (bicyclic) bond motifs is 1. The fourth-order valence-corrected chi connectivity index (χ4v) is 3.84. The number of rotatable bonds is 5. The summed E-state index contributed by atoms with van der Waals surface area (Å²) in [5, 5.41) is 4.41. The summed E-state index contributed by atoms with van der Waals surface area (Å²) in [6, 6.07) is 7.44. The van der Waals surface area contributed by atoms with Crippen molar-refractivity contribution in [3.8, 4) is 0 Å². The summed E-state index contributed by atoms with van der Waals surface area (Å²) in [7, 11) is 1.70. The average Bonchev–Trinajstić information content (AvgIpc) is 3.16. The van der Waals surface area contributed by atoms with Crippen LogP contribution in [0, 0.1) is 6.92 Å². The zero-order valence-electron chi connectivity index (χ0n) is 17.8. The summed E-state index contributed by atoms with van der Waals surface area (Å²) in [6.45, 7) is 3.13. The molecule has 3 heterocycles. The van der Waals surface area contributed by atoms with Crippen LogP contribution in [0.4, 0.5) is 5.69 Å². The molecule has 9 heteroatoms. The monoisotopic (exact) mass is 422 g/mol. The fraction of sp³-hybridized carbons (Fsp3) is 0.409. The number of anilines is 1. The van der Waals surface area contributed by atoms with E-state index in [4.69, 9.17) is 0 Å². The predicted molar refractivity (Wildman–Crippen MR) is 117 cm³/mol. The summed E-state index contributed by atoms with van der Waals surface area (Å²) >= 11 is 0. The first kappa shape index (κ1) is 20.8. The van der Waals surface area contributed by atoms with Gasteiger partial charge in [0.1, 0.15) is 24.8 Å². The molecule has 0 saturated carbocycles. The van der Waals surface area contributed by atoms with Crippen LogP contribution in [0.2, 0.25) is 0 Å². The summed E-state index contributed by atoms with van der Waals surface area (Å²) in [6.07, 6.45) is 5.89. The lowest BCUT2D eigenvalue weighted by Crippen LogP contribution is -2.46. The van der Waals surface area contributed by atoms with Crippen molar-refractivity contribution >= 4 is 28.5 Å². The Morgan fingerprint density at radius 2 is 1.81 bits per heavy atom. The highest BCUT2D eigenvalue weighted by atomic mass is 16.2. The Morgan fingerprint density at radius 1 is 1.10 bits per heavy atom. The smallest absolute Gasteiger partial charge is 0.264 e. The molecule has 2 amide bonds. The van der Waals surface area contributed by atoms with Gasteiger partial charge < -0.3 is 9.80 Å². The first-order valence-electron chi connectivity index (χ1n) is 10.5. The van der Waals surface area contributed by atoms with E-state index in [9.17, 15) is 14.4 Å². The molecule has 0 spiro atoms. The summed E-state index contributed by atoms with van der Waals surface area (Å²) in [5.74, 6) is -0.428. The number of nitrogens with zero attached hydrogens (tertiary/aromatic N) is 6. The van der Waals surface area contributed by atoms with Crippen LogP contribution in [0.15, 0.2) is 41.6 Å². The van der Waals surface area contributed by atoms with Crippen LogP contribution in [-0.2, 0) is 23.2 Å². The Kier molecular flexibility index (Phi) is 5.83. The molecule has 0 bridgehead atoms. The highest BCUT2D eigenvalue weighted by molar-refractivity contribution is 5.98. The second-order valence-corrected chi connectivity index (χ2v) is 7.94. The number of hydrogen-bond acceptors (Lipinski definition) is 5. The van der Waals surface area contributed by atoms with E-state index < -0.39 is 0 Å². The maximum absolute atomic E-state index is 13.3. The summed E-state index contributed by atoms with van der Waals surface area (Å²) < 4.78 is 2.78. The molecule has 162 valence electrons. The number of amides is 2. The molecule has 31 heavy (non-hydrogen) atoms. The largest absolute Gasteiger partial charge is 0.341 e. The molecule has 0 unspecified atom stereocenters. The van der Waals surface area contributed by atoms with Crippen molar-refractivity contribution < 1.29 is 9.59 Å². The maximum atomic E-state index is 13.3. The van der Waals surface area contributed by atoms with Gasteiger partial charge in [-0.05, 0) is 38.3 Å². The minimum absolute atomic E-state index is 0.0563. The summed E-state index contributed by atoms with van der Waals surface area (Å²) in [4.78, 5) is 46.4. The van der Waals surface area contributed by atoms with E-state index in [1.807, 2.05) is 36.1 Å². The van der Waals surface area contributed by atoms with Crippen LogP contribution in [0.3, 0.4) is 0 Å². The zero-order valence-corrected chi connectivity index (χ0v) is 17.8. The second-order valence-electron chi connectivity index (χ2n) is 7.94. The van der Waals surface area contributed by atoms with E-state index in [1.165, 1.54) is 26.7 Å². The van der Waals surface area contributed by atoms with Crippen LogP contribution in [0.25, 0.3) is 11.0 Å². The lowest BCUT2D eigenvalue weighted by Gasteiger charge is -2.30. The van der Waals surface area contributed by atoms with Gasteiger partial charge >= 0.3 is 0 Å². The van der Waals surface area contributed by atoms with E-state index in [0.29, 0.717) is 16.7 Å². The van der Waals surface area contributed by atoms with Crippen LogP contribution < -0.4 is 10.5 Å². The topological polar surface area (TPSA) is 93.3 Å². The molecule has 1 aliphatic rings. The third-order valence-corrected chi connectivity index (χ3v) is 5.67. The Balaban J connectivity index is 1.60. The molecule has 0 radical (unpaired) electrons. The van der Waals surface area contributed by atoms with Crippen molar-refractivity contribution in [1.82, 2.24) is 24.2 Å². The highest BCUT2D eigenvalue weighted by Gasteiger charge is 2.24. The first-order valence-corrected chi connectivity index (χ1v) is 10.5. The van der Waals surface area contributed by atoms with E-state index >= 15 is 0 Å². The normalized spacial score (nSPS) is 14.1. The van der Waals surface area contributed by atoms with E-state index in [2.05, 4.69) is 10.1 Å². The molecule has 3 aromatic rings. The molecule has 9 nitrogen and oxygen atoms in total. The van der Waals surface area contributed by atoms with Gasteiger partial charge in [0.15, 0.2) is 5.65 Å². The fourth-order valence-electron chi connectivity index (χ4n) is 3.84. The van der Waals surface area contributed by atoms with Crippen molar-refractivity contribution in [3.63, 3.8) is 0 Å². The van der Waals surface area contributed by atoms with E-state index in [0.717, 1.165) is 37.9 Å². The number of hydrogen-bond donors (Lipinski definition) is 0. The lowest BCUT2D eigenvalue weighted by atomic mass is 10.1. The van der Waals surface area contributed by atoms with Gasteiger partial charge in [0.25, 0.3) is 5.56 Å². The Bertz CT molecular complexity index is 1160. The molecular formula is C22H26N6O3. The highest BCUT2D eigenvalue weighted by Crippen LogP contribution is 2.17. The molecule has 1 aliphatic heterocycles. The number of piperidine rings is 1. The Morgan fingerprint density at radius 3 is 2.52 bits per heavy atom. The third kappa shape index (κ3) is 4.35. The Hall–Kier alpha value is -3.49. The Labute approximate surface area is 179 Å². The van der Waals surface area contributed by atoms with Gasteiger partial charge in [0.05, 0.1) is 6.20 Å². The van der Waals surface area contributed by atoms with Gasteiger partial charge in [0.2, 0.25) is 11.8 Å². The number of carbonyl (C=O) groups excluding carboxylic acids is 2. The van der Waals surface area contributed by atoms with Gasteiger partial charge in [-0.25, -0.2) is 4.98 Å². The third-order valence-electron chi connectivity index (χ3n) is 5.67. The van der Waals surface area contributed by atoms with Gasteiger partial charge in [0, 0.05) is 25.8 Å². The van der Waals surface area contributed by atoms with Crippen LogP contribution in [-0.4, -0.2) is 55.7 Å². The van der Waals surface area contributed by atoms with Gasteiger partial charge in [-0.3, -0.25) is 23.6 Å². The van der Waals surface area contributed by atoms with Crippen LogP contribution in [0.5, 0.6) is 0 Å². The van der Waals surface area contributed by atoms with E-state index in [1.54, 1.807) is 7.05 Å². The van der Waals surface area contributed by atoms with Gasteiger partial charge in [-0.15, -0.1) is 0 Å². The van der Waals surface area contributed by atoms with E-state index in [-0.39, 0.29) is 30.5 Å². The van der Waals surface area contributed by atoms with Crippen molar-refractivity contribution in [2.24, 2.45) is 7.05 Å². The molecule has 4 rings (SSSR count). The number of likely N-dealkylation sites (tertiary alicyclic amines) is 1. The molecule has 0 N–H and O–H groups in total. The van der Waals surface area contributed by atoms with Crippen molar-refractivity contribution in [2.45, 2.75) is 32.7 Å². The average molecular weight is 422 g/mol. The van der Waals surface area contributed by atoms with Crippen molar-refractivity contribution in [2.75, 3.05) is 24.5 Å². The zero-order chi connectivity index (χ0) is 22.0. The van der Waals surface area contributed by atoms with Crippen LogP contribution >= 0.6 is 0 Å².